The minimum atomic E-state index is -0.345. The Labute approximate surface area is 110 Å². The van der Waals surface area contributed by atoms with E-state index in [1.54, 1.807) is 0 Å². The lowest BCUT2D eigenvalue weighted by Crippen LogP contribution is -2.46. The van der Waals surface area contributed by atoms with Gasteiger partial charge >= 0.3 is 0 Å². The van der Waals surface area contributed by atoms with Gasteiger partial charge in [-0.1, -0.05) is 27.7 Å². The fraction of sp³-hybridized carbons (Fsp3) is 0.857. The van der Waals surface area contributed by atoms with Gasteiger partial charge in [-0.3, -0.25) is 9.59 Å². The van der Waals surface area contributed by atoms with E-state index in [0.717, 1.165) is 13.0 Å². The lowest BCUT2D eigenvalue weighted by Gasteiger charge is -2.31. The molecule has 0 bridgehead atoms. The molecule has 1 N–H and O–H groups in total. The summed E-state index contributed by atoms with van der Waals surface area (Å²) in [5.74, 6) is 0.0565. The molecule has 0 aromatic carbocycles. The van der Waals surface area contributed by atoms with E-state index in [-0.39, 0.29) is 29.3 Å². The third-order valence-electron chi connectivity index (χ3n) is 3.44. The maximum Gasteiger partial charge on any atom is 0.245 e. The Bertz CT molecular complexity index is 320. The van der Waals surface area contributed by atoms with Crippen LogP contribution in [0.5, 0.6) is 0 Å². The van der Waals surface area contributed by atoms with Gasteiger partial charge in [0.05, 0.1) is 0 Å². The molecule has 4 nitrogen and oxygen atoms in total. The van der Waals surface area contributed by atoms with Crippen LogP contribution in [0.4, 0.5) is 0 Å². The molecule has 0 aromatic heterocycles. The van der Waals surface area contributed by atoms with Crippen molar-refractivity contribution in [2.24, 2.45) is 5.41 Å². The Hall–Kier alpha value is -1.06. The Morgan fingerprint density at radius 2 is 1.94 bits per heavy atom. The zero-order valence-corrected chi connectivity index (χ0v) is 12.2. The van der Waals surface area contributed by atoms with Crippen molar-refractivity contribution in [1.82, 2.24) is 10.2 Å². The Morgan fingerprint density at radius 1 is 1.33 bits per heavy atom. The van der Waals surface area contributed by atoms with E-state index in [0.29, 0.717) is 12.8 Å². The Morgan fingerprint density at radius 3 is 2.44 bits per heavy atom. The first-order chi connectivity index (χ1) is 8.24. The zero-order valence-electron chi connectivity index (χ0n) is 12.2. The highest BCUT2D eigenvalue weighted by Crippen LogP contribution is 2.21. The van der Waals surface area contributed by atoms with Gasteiger partial charge in [-0.25, -0.2) is 0 Å². The van der Waals surface area contributed by atoms with Crippen molar-refractivity contribution >= 4 is 11.8 Å². The van der Waals surface area contributed by atoms with Crippen molar-refractivity contribution in [3.63, 3.8) is 0 Å². The highest BCUT2D eigenvalue weighted by Gasteiger charge is 2.33. The van der Waals surface area contributed by atoms with Crippen molar-refractivity contribution in [2.75, 3.05) is 6.54 Å². The lowest BCUT2D eigenvalue weighted by atomic mass is 9.91. The molecule has 1 fully saturated rings. The van der Waals surface area contributed by atoms with Crippen LogP contribution < -0.4 is 5.32 Å². The summed E-state index contributed by atoms with van der Waals surface area (Å²) in [5.41, 5.74) is 0.200. The van der Waals surface area contributed by atoms with Crippen LogP contribution in [0, 0.1) is 5.41 Å². The molecule has 0 aliphatic carbocycles. The number of nitrogens with one attached hydrogen (secondary N) is 1. The van der Waals surface area contributed by atoms with Gasteiger partial charge in [-0.05, 0) is 25.2 Å². The molecule has 0 radical (unpaired) electrons. The van der Waals surface area contributed by atoms with Gasteiger partial charge in [0.1, 0.15) is 6.04 Å². The van der Waals surface area contributed by atoms with Crippen LogP contribution in [0.15, 0.2) is 0 Å². The van der Waals surface area contributed by atoms with Crippen LogP contribution >= 0.6 is 0 Å². The quantitative estimate of drug-likeness (QED) is 0.836. The average Bonchev–Trinajstić information content (AvgIpc) is 2.32. The Kier molecular flexibility index (Phi) is 4.77. The molecule has 2 atom stereocenters. The van der Waals surface area contributed by atoms with Gasteiger partial charge in [-0.2, -0.15) is 0 Å². The second-order valence-corrected chi connectivity index (χ2v) is 6.42. The average molecular weight is 254 g/mol. The van der Waals surface area contributed by atoms with Crippen LogP contribution in [-0.2, 0) is 9.59 Å². The van der Waals surface area contributed by atoms with Gasteiger partial charge in [0, 0.05) is 19.0 Å². The van der Waals surface area contributed by atoms with Crippen molar-refractivity contribution in [2.45, 2.75) is 66.0 Å². The predicted octanol–water partition coefficient (Wildman–Crippen LogP) is 1.94. The van der Waals surface area contributed by atoms with Gasteiger partial charge in [0.15, 0.2) is 0 Å². The maximum absolute atomic E-state index is 12.4. The summed E-state index contributed by atoms with van der Waals surface area (Å²) in [4.78, 5) is 25.9. The molecule has 1 aliphatic rings. The molecule has 18 heavy (non-hydrogen) atoms. The van der Waals surface area contributed by atoms with Crippen molar-refractivity contribution in [1.29, 1.82) is 0 Å². The third-order valence-corrected chi connectivity index (χ3v) is 3.44. The first-order valence-electron chi connectivity index (χ1n) is 6.84. The van der Waals surface area contributed by atoms with E-state index in [4.69, 9.17) is 0 Å². The van der Waals surface area contributed by atoms with E-state index in [1.807, 2.05) is 18.7 Å². The number of carbonyl (C=O) groups excluding carboxylic acids is 2. The van der Waals surface area contributed by atoms with Crippen LogP contribution in [0.25, 0.3) is 0 Å². The molecular formula is C14H26N2O2. The van der Waals surface area contributed by atoms with Gasteiger partial charge in [0.2, 0.25) is 11.8 Å². The van der Waals surface area contributed by atoms with Crippen LogP contribution in [0.1, 0.15) is 53.9 Å². The molecule has 1 saturated heterocycles. The largest absolute Gasteiger partial charge is 0.344 e. The molecule has 2 unspecified atom stereocenters. The van der Waals surface area contributed by atoms with E-state index < -0.39 is 0 Å². The molecule has 4 heteroatoms. The summed E-state index contributed by atoms with van der Waals surface area (Å²) >= 11 is 0. The number of hydrogen-bond acceptors (Lipinski definition) is 2. The molecule has 2 amide bonds. The first kappa shape index (κ1) is 15.0. The molecule has 1 aliphatic heterocycles. The topological polar surface area (TPSA) is 49.4 Å². The minimum Gasteiger partial charge on any atom is -0.344 e. The standard InChI is InChI=1S/C14H26N2O2/c1-6-11-13(18)16(8-7-14(3,4)5)10(2)9-12(17)15-11/h10-11H,6-9H2,1-5H3,(H,15,17). The summed E-state index contributed by atoms with van der Waals surface area (Å²) in [5, 5.41) is 2.81. The van der Waals surface area contributed by atoms with Crippen molar-refractivity contribution < 1.29 is 9.59 Å². The van der Waals surface area contributed by atoms with Gasteiger partial charge < -0.3 is 10.2 Å². The third kappa shape index (κ3) is 4.00. The summed E-state index contributed by atoms with van der Waals surface area (Å²) in [6, 6.07) is -0.348. The van der Waals surface area contributed by atoms with E-state index in [1.165, 1.54) is 0 Å². The summed E-state index contributed by atoms with van der Waals surface area (Å²) in [6.07, 6.45) is 2.02. The van der Waals surface area contributed by atoms with Crippen LogP contribution in [0.2, 0.25) is 0 Å². The van der Waals surface area contributed by atoms with Crippen molar-refractivity contribution in [3.05, 3.63) is 0 Å². The summed E-state index contributed by atoms with van der Waals surface area (Å²) < 4.78 is 0. The predicted molar refractivity (Wildman–Crippen MR) is 72.1 cm³/mol. The zero-order chi connectivity index (χ0) is 13.9. The maximum atomic E-state index is 12.4. The minimum absolute atomic E-state index is 0.00333. The monoisotopic (exact) mass is 254 g/mol. The van der Waals surface area contributed by atoms with Gasteiger partial charge in [0.25, 0.3) is 0 Å². The summed E-state index contributed by atoms with van der Waals surface area (Å²) in [6.45, 7) is 11.1. The molecule has 0 saturated carbocycles. The smallest absolute Gasteiger partial charge is 0.245 e. The molecular weight excluding hydrogens is 228 g/mol. The van der Waals surface area contributed by atoms with Crippen LogP contribution in [0.3, 0.4) is 0 Å². The fourth-order valence-corrected chi connectivity index (χ4v) is 2.17. The number of rotatable bonds is 3. The number of carbonyl (C=O) groups is 2. The number of nitrogens with zero attached hydrogens (tertiary/aromatic N) is 1. The van der Waals surface area contributed by atoms with Crippen molar-refractivity contribution in [3.8, 4) is 0 Å². The number of amides is 2. The molecule has 0 aromatic rings. The van der Waals surface area contributed by atoms with E-state index >= 15 is 0 Å². The fourth-order valence-electron chi connectivity index (χ4n) is 2.17. The first-order valence-corrected chi connectivity index (χ1v) is 6.84. The van der Waals surface area contributed by atoms with Gasteiger partial charge in [-0.15, -0.1) is 0 Å². The second kappa shape index (κ2) is 5.72. The Balaban J connectivity index is 2.78. The highest BCUT2D eigenvalue weighted by molar-refractivity contribution is 5.90. The normalized spacial score (nSPS) is 25.9. The molecule has 1 heterocycles. The second-order valence-electron chi connectivity index (χ2n) is 6.42. The summed E-state index contributed by atoms with van der Waals surface area (Å²) in [7, 11) is 0. The van der Waals surface area contributed by atoms with E-state index in [9.17, 15) is 9.59 Å². The van der Waals surface area contributed by atoms with Crippen LogP contribution in [-0.4, -0.2) is 35.3 Å². The lowest BCUT2D eigenvalue weighted by molar-refractivity contribution is -0.135. The molecule has 104 valence electrons. The van der Waals surface area contributed by atoms with E-state index in [2.05, 4.69) is 26.1 Å². The SMILES string of the molecule is CCC1NC(=O)CC(C)N(CCC(C)(C)C)C1=O. The molecule has 1 rings (SSSR count). The highest BCUT2D eigenvalue weighted by atomic mass is 16.2. The molecule has 0 spiro atoms. The number of hydrogen-bond donors (Lipinski definition) is 1.